The molecule has 3 nitrogen and oxygen atoms in total. The molecule has 0 bridgehead atoms. The summed E-state index contributed by atoms with van der Waals surface area (Å²) < 4.78 is 2.75. The summed E-state index contributed by atoms with van der Waals surface area (Å²) in [6.45, 7) is 1.95. The van der Waals surface area contributed by atoms with E-state index >= 15 is 0 Å². The van der Waals surface area contributed by atoms with E-state index < -0.39 is 5.97 Å². The van der Waals surface area contributed by atoms with Gasteiger partial charge in [0.15, 0.2) is 0 Å². The van der Waals surface area contributed by atoms with Crippen molar-refractivity contribution in [2.45, 2.75) is 6.92 Å². The van der Waals surface area contributed by atoms with Gasteiger partial charge in [0.1, 0.15) is 0 Å². The van der Waals surface area contributed by atoms with Crippen molar-refractivity contribution in [2.75, 3.05) is 0 Å². The molecule has 1 heterocycles. The van der Waals surface area contributed by atoms with Gasteiger partial charge in [-0.25, -0.2) is 4.79 Å². The van der Waals surface area contributed by atoms with Gasteiger partial charge in [0.25, 0.3) is 0 Å². The number of benzene rings is 1. The lowest BCUT2D eigenvalue weighted by Gasteiger charge is -2.01. The minimum atomic E-state index is -0.891. The first kappa shape index (κ1) is 10.2. The highest BCUT2D eigenvalue weighted by molar-refractivity contribution is 9.10. The number of nitrogens with zero attached hydrogens (tertiary/aromatic N) is 1. The number of hydrogen-bond donors (Lipinski definition) is 1. The van der Waals surface area contributed by atoms with Gasteiger partial charge in [-0.1, -0.05) is 0 Å². The SMILES string of the molecule is Cc1cc(Br)c2c(c1)c(C(=O)O)cn2C. The molecule has 2 aromatic rings. The van der Waals surface area contributed by atoms with Gasteiger partial charge in [0.05, 0.1) is 11.1 Å². The second-order valence-electron chi connectivity index (χ2n) is 3.60. The van der Waals surface area contributed by atoms with E-state index in [0.717, 1.165) is 20.9 Å². The van der Waals surface area contributed by atoms with Crippen molar-refractivity contribution >= 4 is 32.8 Å². The van der Waals surface area contributed by atoms with E-state index in [2.05, 4.69) is 15.9 Å². The number of halogens is 1. The molecule has 0 aliphatic heterocycles. The first-order chi connectivity index (χ1) is 7.00. The Kier molecular flexibility index (Phi) is 2.31. The molecule has 0 saturated carbocycles. The Morgan fingerprint density at radius 1 is 1.47 bits per heavy atom. The molecule has 0 fully saturated rings. The molecule has 0 aliphatic rings. The fourth-order valence-corrected chi connectivity index (χ4v) is 2.65. The van der Waals surface area contributed by atoms with Crippen LogP contribution in [0.4, 0.5) is 0 Å². The maximum atomic E-state index is 11.0. The molecule has 15 heavy (non-hydrogen) atoms. The van der Waals surface area contributed by atoms with Crippen molar-refractivity contribution in [3.8, 4) is 0 Å². The molecule has 0 radical (unpaired) electrons. The minimum absolute atomic E-state index is 0.344. The van der Waals surface area contributed by atoms with Crippen LogP contribution < -0.4 is 0 Å². The summed E-state index contributed by atoms with van der Waals surface area (Å²) in [4.78, 5) is 11.0. The highest BCUT2D eigenvalue weighted by Gasteiger charge is 2.14. The van der Waals surface area contributed by atoms with Crippen molar-refractivity contribution in [3.63, 3.8) is 0 Å². The summed E-state index contributed by atoms with van der Waals surface area (Å²) in [5.74, 6) is -0.891. The van der Waals surface area contributed by atoms with Crippen LogP contribution in [0.2, 0.25) is 0 Å². The molecule has 0 aliphatic carbocycles. The molecular weight excluding hydrogens is 258 g/mol. The number of rotatable bonds is 1. The summed E-state index contributed by atoms with van der Waals surface area (Å²) in [6.07, 6.45) is 1.64. The summed E-state index contributed by atoms with van der Waals surface area (Å²) in [7, 11) is 1.84. The first-order valence-electron chi connectivity index (χ1n) is 4.49. The predicted octanol–water partition coefficient (Wildman–Crippen LogP) is 2.95. The second-order valence-corrected chi connectivity index (χ2v) is 4.46. The van der Waals surface area contributed by atoms with Gasteiger partial charge in [-0.3, -0.25) is 0 Å². The maximum Gasteiger partial charge on any atom is 0.337 e. The number of aromatic nitrogens is 1. The molecule has 0 atom stereocenters. The lowest BCUT2D eigenvalue weighted by Crippen LogP contribution is -1.94. The third kappa shape index (κ3) is 1.55. The van der Waals surface area contributed by atoms with Crippen LogP contribution in [0.5, 0.6) is 0 Å². The van der Waals surface area contributed by atoms with Gasteiger partial charge in [0.2, 0.25) is 0 Å². The minimum Gasteiger partial charge on any atom is -0.478 e. The molecule has 1 aromatic heterocycles. The number of carboxylic acid groups (broad SMARTS) is 1. The largest absolute Gasteiger partial charge is 0.478 e. The molecule has 0 amide bonds. The Labute approximate surface area is 95.5 Å². The zero-order chi connectivity index (χ0) is 11.2. The Bertz CT molecular complexity index is 557. The van der Waals surface area contributed by atoms with Gasteiger partial charge in [0, 0.05) is 23.1 Å². The van der Waals surface area contributed by atoms with Gasteiger partial charge in [-0.05, 0) is 40.5 Å². The molecule has 78 valence electrons. The van der Waals surface area contributed by atoms with Crippen molar-refractivity contribution < 1.29 is 9.90 Å². The topological polar surface area (TPSA) is 42.2 Å². The van der Waals surface area contributed by atoms with Crippen LogP contribution >= 0.6 is 15.9 Å². The molecule has 4 heteroatoms. The van der Waals surface area contributed by atoms with Crippen LogP contribution in [0.1, 0.15) is 15.9 Å². The maximum absolute atomic E-state index is 11.0. The molecule has 1 N–H and O–H groups in total. The quantitative estimate of drug-likeness (QED) is 0.863. The van der Waals surface area contributed by atoms with E-state index in [1.165, 1.54) is 0 Å². The Morgan fingerprint density at radius 2 is 2.13 bits per heavy atom. The van der Waals surface area contributed by atoms with Gasteiger partial charge >= 0.3 is 5.97 Å². The first-order valence-corrected chi connectivity index (χ1v) is 5.28. The summed E-state index contributed by atoms with van der Waals surface area (Å²) in [5.41, 5.74) is 2.30. The molecule has 0 saturated heterocycles. The number of carboxylic acids is 1. The van der Waals surface area contributed by atoms with Crippen LogP contribution in [0, 0.1) is 6.92 Å². The van der Waals surface area contributed by atoms with E-state index in [4.69, 9.17) is 5.11 Å². The third-order valence-electron chi connectivity index (χ3n) is 2.40. The summed E-state index contributed by atoms with van der Waals surface area (Å²) >= 11 is 3.45. The highest BCUT2D eigenvalue weighted by atomic mass is 79.9. The normalized spacial score (nSPS) is 10.9. The van der Waals surface area contributed by atoms with E-state index in [-0.39, 0.29) is 0 Å². The number of hydrogen-bond acceptors (Lipinski definition) is 1. The van der Waals surface area contributed by atoms with Gasteiger partial charge < -0.3 is 9.67 Å². The Hall–Kier alpha value is -1.29. The van der Waals surface area contributed by atoms with Gasteiger partial charge in [-0.15, -0.1) is 0 Å². The fourth-order valence-electron chi connectivity index (χ4n) is 1.80. The molecule has 1 aromatic carbocycles. The molecule has 0 spiro atoms. The molecule has 0 unspecified atom stereocenters. The van der Waals surface area contributed by atoms with Crippen LogP contribution in [0.25, 0.3) is 10.9 Å². The zero-order valence-corrected chi connectivity index (χ0v) is 10.00. The number of fused-ring (bicyclic) bond motifs is 1. The lowest BCUT2D eigenvalue weighted by molar-refractivity contribution is 0.0699. The fraction of sp³-hybridized carbons (Fsp3) is 0.182. The van der Waals surface area contributed by atoms with Crippen molar-refractivity contribution in [3.05, 3.63) is 33.9 Å². The van der Waals surface area contributed by atoms with Crippen LogP contribution in [0.3, 0.4) is 0 Å². The van der Waals surface area contributed by atoms with Crippen molar-refractivity contribution in [2.24, 2.45) is 7.05 Å². The van der Waals surface area contributed by atoms with Crippen LogP contribution in [0.15, 0.2) is 22.8 Å². The highest BCUT2D eigenvalue weighted by Crippen LogP contribution is 2.29. The zero-order valence-electron chi connectivity index (χ0n) is 8.41. The average molecular weight is 268 g/mol. The smallest absolute Gasteiger partial charge is 0.337 e. The van der Waals surface area contributed by atoms with Crippen molar-refractivity contribution in [1.29, 1.82) is 0 Å². The number of carbonyl (C=O) groups is 1. The summed E-state index contributed by atoms with van der Waals surface area (Å²) in [6, 6.07) is 3.87. The number of aryl methyl sites for hydroxylation is 2. The predicted molar refractivity (Wildman–Crippen MR) is 62.3 cm³/mol. The monoisotopic (exact) mass is 267 g/mol. The van der Waals surface area contributed by atoms with Gasteiger partial charge in [-0.2, -0.15) is 0 Å². The Balaban J connectivity index is 2.93. The van der Waals surface area contributed by atoms with E-state index in [0.29, 0.717) is 5.56 Å². The lowest BCUT2D eigenvalue weighted by atomic mass is 10.1. The summed E-state index contributed by atoms with van der Waals surface area (Å²) in [5, 5.41) is 9.82. The van der Waals surface area contributed by atoms with Crippen molar-refractivity contribution in [1.82, 2.24) is 4.57 Å². The average Bonchev–Trinajstić information content (AvgIpc) is 2.42. The van der Waals surface area contributed by atoms with Crippen LogP contribution in [-0.4, -0.2) is 15.6 Å². The molecular formula is C11H10BrNO2. The van der Waals surface area contributed by atoms with E-state index in [9.17, 15) is 4.79 Å². The van der Waals surface area contributed by atoms with E-state index in [1.54, 1.807) is 6.20 Å². The van der Waals surface area contributed by atoms with E-state index in [1.807, 2.05) is 30.7 Å². The second kappa shape index (κ2) is 3.38. The Morgan fingerprint density at radius 3 is 2.73 bits per heavy atom. The standard InChI is InChI=1S/C11H10BrNO2/c1-6-3-7-8(11(14)15)5-13(2)10(7)9(12)4-6/h3-5H,1-2H3,(H,14,15). The third-order valence-corrected chi connectivity index (χ3v) is 3.01. The number of aromatic carboxylic acids is 1. The molecule has 2 rings (SSSR count). The van der Waals surface area contributed by atoms with Crippen LogP contribution in [-0.2, 0) is 7.05 Å².